The smallest absolute Gasteiger partial charge is 0.340 e. The molecule has 33 heavy (non-hydrogen) atoms. The quantitative estimate of drug-likeness (QED) is 0.435. The van der Waals surface area contributed by atoms with Crippen molar-refractivity contribution in [1.29, 1.82) is 0 Å². The van der Waals surface area contributed by atoms with Crippen molar-refractivity contribution < 1.29 is 28.5 Å². The average molecular weight is 467 g/mol. The zero-order valence-corrected chi connectivity index (χ0v) is 18.8. The van der Waals surface area contributed by atoms with Gasteiger partial charge in [0.2, 0.25) is 10.6 Å². The van der Waals surface area contributed by atoms with E-state index in [1.54, 1.807) is 24.3 Å². The number of carbonyl (C=O) groups is 2. The van der Waals surface area contributed by atoms with E-state index in [1.807, 2.05) is 24.3 Å². The van der Waals surface area contributed by atoms with Crippen LogP contribution in [0.25, 0.3) is 10.1 Å². The molecule has 1 atom stereocenters. The Morgan fingerprint density at radius 2 is 1.76 bits per heavy atom. The molecule has 0 unspecified atom stereocenters. The van der Waals surface area contributed by atoms with Crippen molar-refractivity contribution in [2.24, 2.45) is 5.73 Å². The van der Waals surface area contributed by atoms with Crippen molar-refractivity contribution in [3.8, 4) is 5.75 Å². The minimum Gasteiger partial charge on any atom is -0.465 e. The molecule has 2 N–H and O–H groups in total. The van der Waals surface area contributed by atoms with Crippen LogP contribution in [0.5, 0.6) is 5.75 Å². The molecule has 1 aromatic heterocycles. The molecule has 0 bridgehead atoms. The summed E-state index contributed by atoms with van der Waals surface area (Å²) in [6.45, 7) is 0.214. The molecule has 0 radical (unpaired) electrons. The average Bonchev–Trinajstić information content (AvgIpc) is 2.83. The van der Waals surface area contributed by atoms with Crippen LogP contribution in [0.2, 0.25) is 0 Å². The van der Waals surface area contributed by atoms with Crippen LogP contribution < -0.4 is 15.2 Å². The van der Waals surface area contributed by atoms with Gasteiger partial charge in [0.25, 0.3) is 0 Å². The largest absolute Gasteiger partial charge is 0.465 e. The first kappa shape index (κ1) is 22.5. The third kappa shape index (κ3) is 4.20. The Balaban J connectivity index is 1.90. The number of ether oxygens (including phenoxy) is 4. The van der Waals surface area contributed by atoms with Gasteiger partial charge in [0.1, 0.15) is 17.9 Å². The lowest BCUT2D eigenvalue weighted by Crippen LogP contribution is -2.31. The zero-order valence-electron chi connectivity index (χ0n) is 18.0. The summed E-state index contributed by atoms with van der Waals surface area (Å²) in [5.41, 5.74) is 7.44. The summed E-state index contributed by atoms with van der Waals surface area (Å²) in [5.74, 6) is -1.89. The van der Waals surface area contributed by atoms with Crippen LogP contribution in [0, 0.1) is 0 Å². The second-order valence-corrected chi connectivity index (χ2v) is 8.20. The highest BCUT2D eigenvalue weighted by atomic mass is 32.1. The van der Waals surface area contributed by atoms with Crippen LogP contribution in [0.4, 0.5) is 0 Å². The molecular formula is C24H21NO7S. The topological polar surface area (TPSA) is 114 Å². The van der Waals surface area contributed by atoms with E-state index in [1.165, 1.54) is 14.2 Å². The number of hydrogen-bond acceptors (Lipinski definition) is 9. The van der Waals surface area contributed by atoms with Crippen LogP contribution in [-0.4, -0.2) is 39.4 Å². The SMILES string of the molecule is COCCOC(=O)C1=C(N)Oc2c(c(=O)sc3ccccc23)[C@H]1c1ccc(C(=O)OC)cc1. The summed E-state index contributed by atoms with van der Waals surface area (Å²) in [4.78, 5) is 38.1. The van der Waals surface area contributed by atoms with Gasteiger partial charge in [0, 0.05) is 17.2 Å². The molecule has 2 heterocycles. The Bertz CT molecular complexity index is 1310. The van der Waals surface area contributed by atoms with Gasteiger partial charge >= 0.3 is 11.9 Å². The number of esters is 2. The minimum absolute atomic E-state index is 0.0115. The molecule has 0 saturated heterocycles. The fourth-order valence-electron chi connectivity index (χ4n) is 3.72. The highest BCUT2D eigenvalue weighted by molar-refractivity contribution is 7.16. The summed E-state index contributed by atoms with van der Waals surface area (Å²) in [7, 11) is 2.78. The van der Waals surface area contributed by atoms with Crippen molar-refractivity contribution in [2.45, 2.75) is 5.92 Å². The number of carbonyl (C=O) groups excluding carboxylic acids is 2. The van der Waals surface area contributed by atoms with Gasteiger partial charge in [-0.3, -0.25) is 4.79 Å². The van der Waals surface area contributed by atoms with E-state index in [4.69, 9.17) is 24.7 Å². The molecule has 0 spiro atoms. The highest BCUT2D eigenvalue weighted by Gasteiger charge is 2.38. The van der Waals surface area contributed by atoms with Crippen molar-refractivity contribution in [2.75, 3.05) is 27.4 Å². The maximum absolute atomic E-state index is 13.2. The van der Waals surface area contributed by atoms with Gasteiger partial charge in [-0.2, -0.15) is 0 Å². The normalized spacial score (nSPS) is 15.0. The van der Waals surface area contributed by atoms with E-state index in [0.29, 0.717) is 22.3 Å². The zero-order chi connectivity index (χ0) is 23.5. The predicted molar refractivity (Wildman–Crippen MR) is 122 cm³/mol. The number of rotatable bonds is 6. The van der Waals surface area contributed by atoms with Crippen LogP contribution in [0.3, 0.4) is 0 Å². The van der Waals surface area contributed by atoms with Gasteiger partial charge in [-0.15, -0.1) is 0 Å². The molecule has 0 amide bonds. The Morgan fingerprint density at radius 3 is 2.45 bits per heavy atom. The molecule has 2 aromatic carbocycles. The molecule has 0 aliphatic carbocycles. The molecule has 170 valence electrons. The van der Waals surface area contributed by atoms with Crippen LogP contribution in [-0.2, 0) is 19.0 Å². The van der Waals surface area contributed by atoms with Crippen molar-refractivity contribution in [3.63, 3.8) is 0 Å². The van der Waals surface area contributed by atoms with E-state index in [-0.39, 0.29) is 35.0 Å². The summed E-state index contributed by atoms with van der Waals surface area (Å²) < 4.78 is 21.3. The highest BCUT2D eigenvalue weighted by Crippen LogP contribution is 2.44. The van der Waals surface area contributed by atoms with Gasteiger partial charge in [0.15, 0.2) is 0 Å². The van der Waals surface area contributed by atoms with E-state index in [0.717, 1.165) is 16.0 Å². The van der Waals surface area contributed by atoms with E-state index in [2.05, 4.69) is 0 Å². The fraction of sp³-hybridized carbons (Fsp3) is 0.208. The second-order valence-electron chi connectivity index (χ2n) is 7.18. The number of fused-ring (bicyclic) bond motifs is 3. The standard InChI is InChI=1S/C24H21NO7S/c1-29-11-12-31-23(27)19-17(13-7-9-14(10-8-13)22(26)30-2)18-20(32-21(19)25)15-5-3-4-6-16(15)33-24(18)28/h3-10,17H,11-12,25H2,1-2H3/t17-/m1/s1. The maximum atomic E-state index is 13.2. The number of hydrogen-bond donors (Lipinski definition) is 1. The monoisotopic (exact) mass is 467 g/mol. The van der Waals surface area contributed by atoms with Crippen molar-refractivity contribution >= 4 is 33.4 Å². The van der Waals surface area contributed by atoms with Crippen LogP contribution in [0.15, 0.2) is 64.8 Å². The van der Waals surface area contributed by atoms with Gasteiger partial charge in [-0.05, 0) is 29.8 Å². The van der Waals surface area contributed by atoms with Crippen LogP contribution >= 0.6 is 11.3 Å². The maximum Gasteiger partial charge on any atom is 0.340 e. The summed E-state index contributed by atoms with van der Waals surface area (Å²) in [5, 5.41) is 0.711. The third-order valence-corrected chi connectivity index (χ3v) is 6.24. The number of benzene rings is 2. The van der Waals surface area contributed by atoms with Gasteiger partial charge in [-0.1, -0.05) is 35.6 Å². The van der Waals surface area contributed by atoms with Gasteiger partial charge < -0.3 is 24.7 Å². The first-order valence-corrected chi connectivity index (χ1v) is 10.9. The molecule has 3 aromatic rings. The predicted octanol–water partition coefficient (Wildman–Crippen LogP) is 2.93. The molecule has 9 heteroatoms. The molecule has 8 nitrogen and oxygen atoms in total. The van der Waals surface area contributed by atoms with E-state index in [9.17, 15) is 14.4 Å². The number of nitrogens with two attached hydrogens (primary N) is 1. The van der Waals surface area contributed by atoms with Crippen molar-refractivity contribution in [3.05, 3.63) is 86.2 Å². The van der Waals surface area contributed by atoms with E-state index < -0.39 is 17.9 Å². The molecule has 0 fully saturated rings. The van der Waals surface area contributed by atoms with Crippen LogP contribution in [0.1, 0.15) is 27.4 Å². The first-order valence-electron chi connectivity index (χ1n) is 10.0. The summed E-state index contributed by atoms with van der Waals surface area (Å²) >= 11 is 1.06. The third-order valence-electron chi connectivity index (χ3n) is 5.26. The minimum atomic E-state index is -0.844. The lowest BCUT2D eigenvalue weighted by molar-refractivity contribution is -0.140. The first-order chi connectivity index (χ1) is 16.0. The van der Waals surface area contributed by atoms with E-state index >= 15 is 0 Å². The lowest BCUT2D eigenvalue weighted by Gasteiger charge is -2.28. The Labute approximate surface area is 193 Å². The fourth-order valence-corrected chi connectivity index (χ4v) is 4.66. The molecule has 0 saturated carbocycles. The summed E-state index contributed by atoms with van der Waals surface area (Å²) in [6.07, 6.45) is 0. The Hall–Kier alpha value is -3.69. The Morgan fingerprint density at radius 1 is 1.03 bits per heavy atom. The molecule has 4 rings (SSSR count). The number of methoxy groups -OCH3 is 2. The van der Waals surface area contributed by atoms with Gasteiger partial charge in [-0.25, -0.2) is 9.59 Å². The molecule has 1 aliphatic rings. The molecular weight excluding hydrogens is 446 g/mol. The summed E-state index contributed by atoms with van der Waals surface area (Å²) in [6, 6.07) is 13.7. The molecule has 1 aliphatic heterocycles. The Kier molecular flexibility index (Phi) is 6.43. The van der Waals surface area contributed by atoms with Gasteiger partial charge in [0.05, 0.1) is 30.8 Å². The second kappa shape index (κ2) is 9.43. The lowest BCUT2D eigenvalue weighted by atomic mass is 9.83. The van der Waals surface area contributed by atoms with Crippen molar-refractivity contribution in [1.82, 2.24) is 0 Å².